The molecule has 1 amide bonds. The largest absolute Gasteiger partial charge is 0.368 e. The Labute approximate surface area is 159 Å². The van der Waals surface area contributed by atoms with Crippen molar-refractivity contribution in [3.05, 3.63) is 35.6 Å². The molecular formula is C18H17N7OS. The molecule has 0 bridgehead atoms. The molecule has 1 saturated carbocycles. The number of nitrogens with one attached hydrogen (secondary N) is 2. The summed E-state index contributed by atoms with van der Waals surface area (Å²) in [4.78, 5) is 25.5. The van der Waals surface area contributed by atoms with E-state index in [1.54, 1.807) is 6.20 Å². The first-order valence-electron chi connectivity index (χ1n) is 8.56. The minimum Gasteiger partial charge on any atom is -0.368 e. The standard InChI is InChI=1S/C18H17N7OS/c19-7-13-17(24-14-9-27-18-11(14)2-1-5-21-18)25-15(8-22-13)23-12(16(20)26)6-10-3-4-10/h1-2,5,8-10,12H,3-4,6H2,(H2,20,26)(H2,23,24,25). The van der Waals surface area contributed by atoms with Gasteiger partial charge in [0.15, 0.2) is 11.5 Å². The lowest BCUT2D eigenvalue weighted by molar-refractivity contribution is -0.118. The van der Waals surface area contributed by atoms with Gasteiger partial charge in [-0.05, 0) is 24.5 Å². The second kappa shape index (κ2) is 7.17. The molecule has 1 fully saturated rings. The average molecular weight is 379 g/mol. The monoisotopic (exact) mass is 379 g/mol. The second-order valence-corrected chi connectivity index (χ2v) is 7.33. The van der Waals surface area contributed by atoms with Gasteiger partial charge in [-0.15, -0.1) is 11.3 Å². The molecule has 1 aliphatic rings. The van der Waals surface area contributed by atoms with E-state index in [2.05, 4.69) is 25.6 Å². The van der Waals surface area contributed by atoms with Gasteiger partial charge in [0.1, 0.15) is 22.8 Å². The number of fused-ring (bicyclic) bond motifs is 1. The number of thiophene rings is 1. The van der Waals surface area contributed by atoms with Crippen LogP contribution < -0.4 is 16.4 Å². The van der Waals surface area contributed by atoms with Crippen molar-refractivity contribution in [2.45, 2.75) is 25.3 Å². The Hall–Kier alpha value is -3.25. The lowest BCUT2D eigenvalue weighted by Gasteiger charge is -2.16. The van der Waals surface area contributed by atoms with E-state index in [9.17, 15) is 10.1 Å². The number of nitrogens with two attached hydrogens (primary N) is 1. The van der Waals surface area contributed by atoms with Crippen molar-refractivity contribution in [1.29, 1.82) is 5.26 Å². The van der Waals surface area contributed by atoms with Gasteiger partial charge in [-0.1, -0.05) is 12.8 Å². The van der Waals surface area contributed by atoms with Crippen molar-refractivity contribution in [1.82, 2.24) is 15.0 Å². The zero-order chi connectivity index (χ0) is 18.8. The molecule has 0 spiro atoms. The second-order valence-electron chi connectivity index (χ2n) is 6.47. The van der Waals surface area contributed by atoms with Crippen molar-refractivity contribution in [2.24, 2.45) is 11.7 Å². The fourth-order valence-electron chi connectivity index (χ4n) is 2.83. The smallest absolute Gasteiger partial charge is 0.239 e. The van der Waals surface area contributed by atoms with Gasteiger partial charge in [0.25, 0.3) is 0 Å². The van der Waals surface area contributed by atoms with Crippen LogP contribution in [0, 0.1) is 17.2 Å². The number of nitrogens with zero attached hydrogens (tertiary/aromatic N) is 4. The van der Waals surface area contributed by atoms with E-state index < -0.39 is 11.9 Å². The maximum atomic E-state index is 11.7. The normalized spacial score (nSPS) is 14.5. The molecule has 0 aromatic carbocycles. The van der Waals surface area contributed by atoms with Crippen LogP contribution in [0.2, 0.25) is 0 Å². The molecule has 8 nitrogen and oxygen atoms in total. The van der Waals surface area contributed by atoms with E-state index in [0.717, 1.165) is 28.7 Å². The third-order valence-electron chi connectivity index (χ3n) is 4.41. The van der Waals surface area contributed by atoms with E-state index in [4.69, 9.17) is 5.73 Å². The summed E-state index contributed by atoms with van der Waals surface area (Å²) in [7, 11) is 0. The Kier molecular flexibility index (Phi) is 4.56. The zero-order valence-electron chi connectivity index (χ0n) is 14.3. The van der Waals surface area contributed by atoms with E-state index in [1.807, 2.05) is 23.6 Å². The number of nitriles is 1. The Morgan fingerprint density at radius 2 is 2.30 bits per heavy atom. The number of pyridine rings is 1. The number of anilines is 3. The van der Waals surface area contributed by atoms with Gasteiger partial charge in [-0.2, -0.15) is 5.26 Å². The highest BCUT2D eigenvalue weighted by Crippen LogP contribution is 2.34. The van der Waals surface area contributed by atoms with Gasteiger partial charge in [-0.3, -0.25) is 4.79 Å². The number of carbonyl (C=O) groups is 1. The summed E-state index contributed by atoms with van der Waals surface area (Å²) in [5.41, 5.74) is 6.47. The van der Waals surface area contributed by atoms with Crippen LogP contribution in [0.4, 0.5) is 17.3 Å². The Balaban J connectivity index is 1.60. The Morgan fingerprint density at radius 1 is 1.44 bits per heavy atom. The molecule has 3 heterocycles. The molecule has 27 heavy (non-hydrogen) atoms. The highest BCUT2D eigenvalue weighted by molar-refractivity contribution is 7.17. The minimum absolute atomic E-state index is 0.168. The molecule has 136 valence electrons. The number of carbonyl (C=O) groups excluding carboxylic acids is 1. The number of primary amides is 1. The van der Waals surface area contributed by atoms with Crippen LogP contribution in [-0.2, 0) is 4.79 Å². The molecule has 4 N–H and O–H groups in total. The van der Waals surface area contributed by atoms with Gasteiger partial charge >= 0.3 is 0 Å². The van der Waals surface area contributed by atoms with Crippen LogP contribution in [-0.4, -0.2) is 26.9 Å². The first kappa shape index (κ1) is 17.2. The number of hydrogen-bond acceptors (Lipinski definition) is 8. The van der Waals surface area contributed by atoms with Gasteiger partial charge in [0, 0.05) is 17.0 Å². The predicted molar refractivity (Wildman–Crippen MR) is 104 cm³/mol. The first-order chi connectivity index (χ1) is 13.1. The minimum atomic E-state index is -0.501. The highest BCUT2D eigenvalue weighted by Gasteiger charge is 2.28. The van der Waals surface area contributed by atoms with Crippen molar-refractivity contribution in [3.63, 3.8) is 0 Å². The SMILES string of the molecule is N#Cc1ncc(NC(CC2CC2)C(N)=O)nc1Nc1csc2ncccc12. The van der Waals surface area contributed by atoms with Crippen LogP contribution in [0.1, 0.15) is 25.0 Å². The summed E-state index contributed by atoms with van der Waals surface area (Å²) in [6.07, 6.45) is 6.10. The van der Waals surface area contributed by atoms with Gasteiger partial charge in [0.05, 0.1) is 11.9 Å². The van der Waals surface area contributed by atoms with Crippen LogP contribution in [0.3, 0.4) is 0 Å². The summed E-state index contributed by atoms with van der Waals surface area (Å²) in [6, 6.07) is 5.33. The molecule has 3 aromatic heterocycles. The lowest BCUT2D eigenvalue weighted by atomic mass is 10.1. The molecule has 1 aliphatic carbocycles. The van der Waals surface area contributed by atoms with E-state index in [0.29, 0.717) is 24.0 Å². The molecule has 1 unspecified atom stereocenters. The predicted octanol–water partition coefficient (Wildman–Crippen LogP) is 2.77. The number of rotatable bonds is 7. The first-order valence-corrected chi connectivity index (χ1v) is 9.44. The molecule has 1 atom stereocenters. The van der Waals surface area contributed by atoms with E-state index >= 15 is 0 Å². The third-order valence-corrected chi connectivity index (χ3v) is 5.31. The highest BCUT2D eigenvalue weighted by atomic mass is 32.1. The summed E-state index contributed by atoms with van der Waals surface area (Å²) in [5, 5.41) is 18.4. The van der Waals surface area contributed by atoms with Crippen molar-refractivity contribution in [3.8, 4) is 6.07 Å². The quantitative estimate of drug-likeness (QED) is 0.575. The zero-order valence-corrected chi connectivity index (χ0v) is 15.2. The Bertz CT molecular complexity index is 1040. The number of amides is 1. The molecule has 0 saturated heterocycles. The molecule has 0 aliphatic heterocycles. The average Bonchev–Trinajstić information content (AvgIpc) is 3.41. The molecule has 3 aromatic rings. The van der Waals surface area contributed by atoms with Gasteiger partial charge in [0.2, 0.25) is 5.91 Å². The van der Waals surface area contributed by atoms with Crippen molar-refractivity contribution >= 4 is 44.8 Å². The van der Waals surface area contributed by atoms with Gasteiger partial charge < -0.3 is 16.4 Å². The Morgan fingerprint density at radius 3 is 3.04 bits per heavy atom. The maximum absolute atomic E-state index is 11.7. The summed E-state index contributed by atoms with van der Waals surface area (Å²) in [6.45, 7) is 0. The lowest BCUT2D eigenvalue weighted by Crippen LogP contribution is -2.36. The molecule has 4 rings (SSSR count). The summed E-state index contributed by atoms with van der Waals surface area (Å²) < 4.78 is 0. The molecule has 9 heteroatoms. The molecular weight excluding hydrogens is 362 g/mol. The van der Waals surface area contributed by atoms with Crippen LogP contribution in [0.15, 0.2) is 29.9 Å². The maximum Gasteiger partial charge on any atom is 0.239 e. The number of hydrogen-bond donors (Lipinski definition) is 3. The fourth-order valence-corrected chi connectivity index (χ4v) is 3.67. The van der Waals surface area contributed by atoms with Crippen LogP contribution >= 0.6 is 11.3 Å². The third kappa shape index (κ3) is 3.80. The fraction of sp³-hybridized carbons (Fsp3) is 0.278. The number of aromatic nitrogens is 3. The summed E-state index contributed by atoms with van der Waals surface area (Å²) in [5.74, 6) is 0.834. The summed E-state index contributed by atoms with van der Waals surface area (Å²) >= 11 is 1.50. The van der Waals surface area contributed by atoms with Gasteiger partial charge in [-0.25, -0.2) is 15.0 Å². The molecule has 0 radical (unpaired) electrons. The topological polar surface area (TPSA) is 130 Å². The van der Waals surface area contributed by atoms with E-state index in [1.165, 1.54) is 17.5 Å². The van der Waals surface area contributed by atoms with Crippen molar-refractivity contribution < 1.29 is 4.79 Å². The van der Waals surface area contributed by atoms with Crippen LogP contribution in [0.5, 0.6) is 0 Å². The van der Waals surface area contributed by atoms with Crippen LogP contribution in [0.25, 0.3) is 10.2 Å². The van der Waals surface area contributed by atoms with E-state index in [-0.39, 0.29) is 5.69 Å². The van der Waals surface area contributed by atoms with Crippen molar-refractivity contribution in [2.75, 3.05) is 10.6 Å².